The van der Waals surface area contributed by atoms with Crippen LogP contribution in [-0.4, -0.2) is 24.9 Å². The Hall–Kier alpha value is -2.33. The number of nitrogens with zero attached hydrogens (tertiary/aromatic N) is 1. The van der Waals surface area contributed by atoms with Crippen LogP contribution in [0.25, 0.3) is 0 Å². The van der Waals surface area contributed by atoms with Gasteiger partial charge in [-0.15, -0.1) is 0 Å². The van der Waals surface area contributed by atoms with Crippen LogP contribution < -0.4 is 10.2 Å². The van der Waals surface area contributed by atoms with Crippen LogP contribution >= 0.6 is 11.6 Å². The number of aryl methyl sites for hydroxylation is 1. The van der Waals surface area contributed by atoms with Crippen molar-refractivity contribution in [3.05, 3.63) is 64.2 Å². The van der Waals surface area contributed by atoms with E-state index >= 15 is 0 Å². The number of carbonyl (C=O) groups excluding carboxylic acids is 2. The molecule has 0 saturated carbocycles. The standard InChI is InChI=1S/C22H25ClN2O2/c1-15(2)11-12-24-21(26)18-7-10-20-17(14-18)4-3-13-25(20)22(27)16-5-8-19(23)9-6-16/h5-10,14-15H,3-4,11-13H2,1-2H3,(H,24,26). The van der Waals surface area contributed by atoms with E-state index in [1.165, 1.54) is 0 Å². The Morgan fingerprint density at radius 1 is 1.11 bits per heavy atom. The summed E-state index contributed by atoms with van der Waals surface area (Å²) in [5.41, 5.74) is 3.20. The van der Waals surface area contributed by atoms with Crippen molar-refractivity contribution < 1.29 is 9.59 Å². The largest absolute Gasteiger partial charge is 0.352 e. The Morgan fingerprint density at radius 3 is 2.52 bits per heavy atom. The molecular weight excluding hydrogens is 360 g/mol. The van der Waals surface area contributed by atoms with E-state index in [9.17, 15) is 9.59 Å². The molecule has 1 aliphatic heterocycles. The highest BCUT2D eigenvalue weighted by molar-refractivity contribution is 6.30. The van der Waals surface area contributed by atoms with Gasteiger partial charge in [-0.3, -0.25) is 9.59 Å². The number of fused-ring (bicyclic) bond motifs is 1. The number of halogens is 1. The minimum Gasteiger partial charge on any atom is -0.352 e. The van der Waals surface area contributed by atoms with E-state index in [1.54, 1.807) is 35.2 Å². The fourth-order valence-corrected chi connectivity index (χ4v) is 3.40. The van der Waals surface area contributed by atoms with Crippen molar-refractivity contribution in [2.75, 3.05) is 18.0 Å². The third kappa shape index (κ3) is 4.69. The molecule has 142 valence electrons. The fourth-order valence-electron chi connectivity index (χ4n) is 3.27. The van der Waals surface area contributed by atoms with Crippen LogP contribution in [0.5, 0.6) is 0 Å². The van der Waals surface area contributed by atoms with E-state index in [1.807, 2.05) is 12.1 Å². The van der Waals surface area contributed by atoms with Gasteiger partial charge < -0.3 is 10.2 Å². The molecule has 0 radical (unpaired) electrons. The van der Waals surface area contributed by atoms with Crippen LogP contribution in [0.15, 0.2) is 42.5 Å². The summed E-state index contributed by atoms with van der Waals surface area (Å²) >= 11 is 5.92. The van der Waals surface area contributed by atoms with Crippen LogP contribution in [0.3, 0.4) is 0 Å². The summed E-state index contributed by atoms with van der Waals surface area (Å²) in [7, 11) is 0. The Morgan fingerprint density at radius 2 is 1.81 bits per heavy atom. The van der Waals surface area contributed by atoms with Crippen molar-refractivity contribution in [1.29, 1.82) is 0 Å². The maximum Gasteiger partial charge on any atom is 0.258 e. The van der Waals surface area contributed by atoms with Gasteiger partial charge in [0.2, 0.25) is 0 Å². The van der Waals surface area contributed by atoms with Gasteiger partial charge in [-0.1, -0.05) is 25.4 Å². The molecular formula is C22H25ClN2O2. The van der Waals surface area contributed by atoms with Gasteiger partial charge in [0.25, 0.3) is 11.8 Å². The molecule has 0 unspecified atom stereocenters. The number of nitrogens with one attached hydrogen (secondary N) is 1. The lowest BCUT2D eigenvalue weighted by Crippen LogP contribution is -2.35. The van der Waals surface area contributed by atoms with Crippen LogP contribution in [0.4, 0.5) is 5.69 Å². The number of rotatable bonds is 5. The van der Waals surface area contributed by atoms with Crippen molar-refractivity contribution in [2.45, 2.75) is 33.1 Å². The van der Waals surface area contributed by atoms with Crippen LogP contribution in [0, 0.1) is 5.92 Å². The first-order valence-electron chi connectivity index (χ1n) is 9.44. The maximum absolute atomic E-state index is 12.9. The van der Waals surface area contributed by atoms with Crippen LogP contribution in [0.1, 0.15) is 53.0 Å². The first kappa shape index (κ1) is 19.4. The molecule has 0 aliphatic carbocycles. The summed E-state index contributed by atoms with van der Waals surface area (Å²) in [4.78, 5) is 27.1. The van der Waals surface area contributed by atoms with Gasteiger partial charge in [-0.2, -0.15) is 0 Å². The summed E-state index contributed by atoms with van der Waals surface area (Å²) in [5, 5.41) is 3.58. The molecule has 2 amide bonds. The first-order chi connectivity index (χ1) is 13.0. The Bertz CT molecular complexity index is 831. The van der Waals surface area contributed by atoms with Gasteiger partial charge in [-0.25, -0.2) is 0 Å². The summed E-state index contributed by atoms with van der Waals surface area (Å²) in [6.45, 7) is 5.62. The monoisotopic (exact) mass is 384 g/mol. The van der Waals surface area contributed by atoms with Gasteiger partial charge in [0, 0.05) is 34.9 Å². The number of carbonyl (C=O) groups is 2. The second kappa shape index (κ2) is 8.57. The summed E-state index contributed by atoms with van der Waals surface area (Å²) in [6.07, 6.45) is 2.71. The van der Waals surface area contributed by atoms with E-state index < -0.39 is 0 Å². The molecule has 1 aliphatic rings. The third-order valence-electron chi connectivity index (χ3n) is 4.80. The van der Waals surface area contributed by atoms with Gasteiger partial charge in [0.15, 0.2) is 0 Å². The van der Waals surface area contributed by atoms with E-state index in [2.05, 4.69) is 19.2 Å². The minimum absolute atomic E-state index is 0.0400. The number of hydrogen-bond acceptors (Lipinski definition) is 2. The Kier molecular flexibility index (Phi) is 6.17. The van der Waals surface area contributed by atoms with Crippen molar-refractivity contribution in [2.24, 2.45) is 5.92 Å². The van der Waals surface area contributed by atoms with E-state index in [0.717, 1.165) is 30.5 Å². The highest BCUT2D eigenvalue weighted by atomic mass is 35.5. The SMILES string of the molecule is CC(C)CCNC(=O)c1ccc2c(c1)CCCN2C(=O)c1ccc(Cl)cc1. The van der Waals surface area contributed by atoms with Crippen LogP contribution in [0.2, 0.25) is 5.02 Å². The molecule has 27 heavy (non-hydrogen) atoms. The second-order valence-corrected chi connectivity index (χ2v) is 7.79. The summed E-state index contributed by atoms with van der Waals surface area (Å²) in [5.74, 6) is 0.461. The zero-order valence-electron chi connectivity index (χ0n) is 15.8. The maximum atomic E-state index is 12.9. The molecule has 1 N–H and O–H groups in total. The quantitative estimate of drug-likeness (QED) is 0.811. The molecule has 4 nitrogen and oxygen atoms in total. The Balaban J connectivity index is 1.77. The van der Waals surface area contributed by atoms with Gasteiger partial charge in [-0.05, 0) is 73.2 Å². The van der Waals surface area contributed by atoms with Crippen molar-refractivity contribution in [1.82, 2.24) is 5.32 Å². The van der Waals surface area contributed by atoms with E-state index in [4.69, 9.17) is 11.6 Å². The highest BCUT2D eigenvalue weighted by Gasteiger charge is 2.24. The normalized spacial score (nSPS) is 13.4. The molecule has 2 aromatic rings. The predicted octanol–water partition coefficient (Wildman–Crippen LogP) is 4.71. The zero-order chi connectivity index (χ0) is 19.4. The highest BCUT2D eigenvalue weighted by Crippen LogP contribution is 2.29. The molecule has 1 heterocycles. The van der Waals surface area contributed by atoms with Gasteiger partial charge >= 0.3 is 0 Å². The van der Waals surface area contributed by atoms with Gasteiger partial charge in [0.1, 0.15) is 0 Å². The minimum atomic E-state index is -0.0559. The molecule has 0 spiro atoms. The van der Waals surface area contributed by atoms with E-state index in [-0.39, 0.29) is 11.8 Å². The number of benzene rings is 2. The Labute approximate surface area is 165 Å². The molecule has 0 bridgehead atoms. The topological polar surface area (TPSA) is 49.4 Å². The molecule has 0 aromatic heterocycles. The lowest BCUT2D eigenvalue weighted by molar-refractivity contribution is 0.0951. The fraction of sp³-hybridized carbons (Fsp3) is 0.364. The third-order valence-corrected chi connectivity index (χ3v) is 5.06. The summed E-state index contributed by atoms with van der Waals surface area (Å²) in [6, 6.07) is 12.6. The lowest BCUT2D eigenvalue weighted by atomic mass is 9.98. The number of anilines is 1. The average Bonchev–Trinajstić information content (AvgIpc) is 2.66. The molecule has 3 rings (SSSR count). The molecule has 0 fully saturated rings. The number of amides is 2. The smallest absolute Gasteiger partial charge is 0.258 e. The summed E-state index contributed by atoms with van der Waals surface area (Å²) < 4.78 is 0. The van der Waals surface area contributed by atoms with E-state index in [0.29, 0.717) is 35.2 Å². The molecule has 2 aromatic carbocycles. The predicted molar refractivity (Wildman–Crippen MR) is 110 cm³/mol. The first-order valence-corrected chi connectivity index (χ1v) is 9.82. The number of hydrogen-bond donors (Lipinski definition) is 1. The molecule has 5 heteroatoms. The van der Waals surface area contributed by atoms with Crippen LogP contribution in [-0.2, 0) is 6.42 Å². The average molecular weight is 385 g/mol. The molecule has 0 saturated heterocycles. The van der Waals surface area contributed by atoms with Crippen molar-refractivity contribution >= 4 is 29.1 Å². The lowest BCUT2D eigenvalue weighted by Gasteiger charge is -2.30. The van der Waals surface area contributed by atoms with Crippen molar-refractivity contribution in [3.63, 3.8) is 0 Å². The van der Waals surface area contributed by atoms with Crippen molar-refractivity contribution in [3.8, 4) is 0 Å². The van der Waals surface area contributed by atoms with Gasteiger partial charge in [0.05, 0.1) is 0 Å². The second-order valence-electron chi connectivity index (χ2n) is 7.35. The molecule has 0 atom stereocenters. The zero-order valence-corrected chi connectivity index (χ0v) is 16.6.